The summed E-state index contributed by atoms with van der Waals surface area (Å²) in [6.45, 7) is 3.82. The zero-order valence-corrected chi connectivity index (χ0v) is 14.7. The minimum absolute atomic E-state index is 0.215. The van der Waals surface area contributed by atoms with Crippen molar-refractivity contribution >= 4 is 15.9 Å². The van der Waals surface area contributed by atoms with E-state index in [0.717, 1.165) is 12.8 Å². The number of hydrogen-bond acceptors (Lipinski definition) is 5. The van der Waals surface area contributed by atoms with E-state index in [1.165, 1.54) is 0 Å². The second-order valence-electron chi connectivity index (χ2n) is 6.52. The zero-order valence-electron chi connectivity index (χ0n) is 13.9. The highest BCUT2D eigenvalue weighted by molar-refractivity contribution is 7.90. The van der Waals surface area contributed by atoms with Crippen molar-refractivity contribution < 1.29 is 17.9 Å². The van der Waals surface area contributed by atoms with Gasteiger partial charge < -0.3 is 4.74 Å². The Labute approximate surface area is 142 Å². The lowest BCUT2D eigenvalue weighted by Crippen LogP contribution is -2.45. The van der Waals surface area contributed by atoms with Crippen LogP contribution in [0.2, 0.25) is 0 Å². The number of nitrogens with zero attached hydrogens (tertiary/aromatic N) is 1. The molecule has 0 aliphatic carbocycles. The second kappa shape index (κ2) is 7.32. The number of sulfonamides is 1. The SMILES string of the molecule is CC(C)(C(=O)NS(=O)(=O)C[C@H]1CCCCO1)c1cccc(C#N)c1. The summed E-state index contributed by atoms with van der Waals surface area (Å²) in [4.78, 5) is 12.5. The fraction of sp³-hybridized carbons (Fsp3) is 0.529. The van der Waals surface area contributed by atoms with E-state index in [2.05, 4.69) is 4.72 Å². The van der Waals surface area contributed by atoms with Crippen LogP contribution in [-0.4, -0.2) is 32.8 Å². The molecule has 1 saturated heterocycles. The molecule has 6 nitrogen and oxygen atoms in total. The highest BCUT2D eigenvalue weighted by Crippen LogP contribution is 2.25. The van der Waals surface area contributed by atoms with Gasteiger partial charge in [0.15, 0.2) is 0 Å². The van der Waals surface area contributed by atoms with Crippen molar-refractivity contribution in [2.24, 2.45) is 0 Å². The Morgan fingerprint density at radius 1 is 1.42 bits per heavy atom. The maximum absolute atomic E-state index is 12.5. The molecule has 0 bridgehead atoms. The van der Waals surface area contributed by atoms with E-state index >= 15 is 0 Å². The van der Waals surface area contributed by atoms with Crippen molar-refractivity contribution in [2.75, 3.05) is 12.4 Å². The molecular formula is C17H22N2O4S. The van der Waals surface area contributed by atoms with Gasteiger partial charge in [0.05, 0.1) is 28.9 Å². The molecule has 1 heterocycles. The Kier molecular flexibility index (Phi) is 5.62. The summed E-state index contributed by atoms with van der Waals surface area (Å²) in [5.41, 5.74) is -0.0668. The Morgan fingerprint density at radius 2 is 2.17 bits per heavy atom. The topological polar surface area (TPSA) is 96.3 Å². The average molecular weight is 350 g/mol. The van der Waals surface area contributed by atoms with Crippen LogP contribution in [0.5, 0.6) is 0 Å². The Morgan fingerprint density at radius 3 is 2.79 bits per heavy atom. The fourth-order valence-electron chi connectivity index (χ4n) is 2.60. The number of carbonyl (C=O) groups excluding carboxylic acids is 1. The summed E-state index contributed by atoms with van der Waals surface area (Å²) in [5.74, 6) is -0.832. The molecule has 1 aromatic rings. The lowest BCUT2D eigenvalue weighted by atomic mass is 9.83. The van der Waals surface area contributed by atoms with Crippen molar-refractivity contribution in [3.63, 3.8) is 0 Å². The number of nitrogens with one attached hydrogen (secondary N) is 1. The molecular weight excluding hydrogens is 328 g/mol. The maximum atomic E-state index is 12.5. The standard InChI is InChI=1S/C17H22N2O4S/c1-17(2,14-7-5-6-13(10-14)11-18)16(20)19-24(21,22)12-15-8-3-4-9-23-15/h5-7,10,15H,3-4,8-9,12H2,1-2H3,(H,19,20)/t15-/m1/s1. The Bertz CT molecular complexity index is 744. The monoisotopic (exact) mass is 350 g/mol. The molecule has 130 valence electrons. The predicted octanol–water partition coefficient (Wildman–Crippen LogP) is 1.85. The summed E-state index contributed by atoms with van der Waals surface area (Å²) in [5, 5.41) is 8.97. The van der Waals surface area contributed by atoms with Crippen molar-refractivity contribution in [1.82, 2.24) is 4.72 Å². The van der Waals surface area contributed by atoms with Crippen molar-refractivity contribution in [3.05, 3.63) is 35.4 Å². The van der Waals surface area contributed by atoms with Crippen molar-refractivity contribution in [3.8, 4) is 6.07 Å². The Balaban J connectivity index is 2.10. The van der Waals surface area contributed by atoms with Gasteiger partial charge in [-0.1, -0.05) is 12.1 Å². The van der Waals surface area contributed by atoms with E-state index < -0.39 is 21.3 Å². The van der Waals surface area contributed by atoms with Gasteiger partial charge in [0.1, 0.15) is 0 Å². The van der Waals surface area contributed by atoms with Crippen LogP contribution in [-0.2, 0) is 25.0 Å². The summed E-state index contributed by atoms with van der Waals surface area (Å²) < 4.78 is 32.1. The average Bonchev–Trinajstić information content (AvgIpc) is 2.54. The highest BCUT2D eigenvalue weighted by Gasteiger charge is 2.34. The molecule has 0 saturated carbocycles. The largest absolute Gasteiger partial charge is 0.377 e. The van der Waals surface area contributed by atoms with Gasteiger partial charge in [-0.3, -0.25) is 9.52 Å². The summed E-state index contributed by atoms with van der Waals surface area (Å²) >= 11 is 0. The normalized spacial score (nSPS) is 18.6. The second-order valence-corrected chi connectivity index (χ2v) is 8.29. The third-order valence-corrected chi connectivity index (χ3v) is 5.52. The number of benzene rings is 1. The van der Waals surface area contributed by atoms with Crippen LogP contribution in [0.4, 0.5) is 0 Å². The smallest absolute Gasteiger partial charge is 0.243 e. The number of ether oxygens (including phenoxy) is 1. The van der Waals surface area contributed by atoms with E-state index in [9.17, 15) is 13.2 Å². The van der Waals surface area contributed by atoms with Crippen LogP contribution in [0.3, 0.4) is 0 Å². The molecule has 1 aliphatic heterocycles. The molecule has 0 radical (unpaired) electrons. The summed E-state index contributed by atoms with van der Waals surface area (Å²) in [6.07, 6.45) is 2.18. The third kappa shape index (κ3) is 4.56. The van der Waals surface area contributed by atoms with E-state index in [0.29, 0.717) is 24.2 Å². The lowest BCUT2D eigenvalue weighted by Gasteiger charge is -2.26. The number of amides is 1. The first-order valence-corrected chi connectivity index (χ1v) is 9.57. The summed E-state index contributed by atoms with van der Waals surface area (Å²) in [6, 6.07) is 8.62. The van der Waals surface area contributed by atoms with Gasteiger partial charge in [-0.2, -0.15) is 5.26 Å². The van der Waals surface area contributed by atoms with Crippen molar-refractivity contribution in [2.45, 2.75) is 44.6 Å². The van der Waals surface area contributed by atoms with E-state index in [4.69, 9.17) is 10.00 Å². The van der Waals surface area contributed by atoms with Gasteiger partial charge >= 0.3 is 0 Å². The first-order valence-electron chi connectivity index (χ1n) is 7.92. The van der Waals surface area contributed by atoms with E-state index in [1.54, 1.807) is 38.1 Å². The number of rotatable bonds is 5. The molecule has 1 aliphatic rings. The highest BCUT2D eigenvalue weighted by atomic mass is 32.2. The van der Waals surface area contributed by atoms with Gasteiger partial charge in [0, 0.05) is 6.61 Å². The van der Waals surface area contributed by atoms with Gasteiger partial charge in [0.25, 0.3) is 0 Å². The van der Waals surface area contributed by atoms with Crippen LogP contribution < -0.4 is 4.72 Å². The molecule has 0 unspecified atom stereocenters. The zero-order chi connectivity index (χ0) is 17.8. The van der Waals surface area contributed by atoms with Crippen LogP contribution in [0.1, 0.15) is 44.2 Å². The van der Waals surface area contributed by atoms with E-state index in [1.807, 2.05) is 6.07 Å². The van der Waals surface area contributed by atoms with E-state index in [-0.39, 0.29) is 11.9 Å². The lowest BCUT2D eigenvalue weighted by molar-refractivity contribution is -0.123. The van der Waals surface area contributed by atoms with Crippen LogP contribution in [0.15, 0.2) is 24.3 Å². The quantitative estimate of drug-likeness (QED) is 0.874. The molecule has 1 aromatic carbocycles. The summed E-state index contributed by atoms with van der Waals surface area (Å²) in [7, 11) is -3.78. The maximum Gasteiger partial charge on any atom is 0.243 e. The first kappa shape index (κ1) is 18.4. The molecule has 7 heteroatoms. The third-order valence-electron chi connectivity index (χ3n) is 4.21. The number of carbonyl (C=O) groups is 1. The van der Waals surface area contributed by atoms with Crippen LogP contribution in [0.25, 0.3) is 0 Å². The van der Waals surface area contributed by atoms with Crippen molar-refractivity contribution in [1.29, 1.82) is 5.26 Å². The number of nitriles is 1. The molecule has 1 N–H and O–H groups in total. The van der Waals surface area contributed by atoms with Gasteiger partial charge in [0.2, 0.25) is 15.9 Å². The van der Waals surface area contributed by atoms with Gasteiger partial charge in [-0.15, -0.1) is 0 Å². The van der Waals surface area contributed by atoms with Crippen LogP contribution in [0, 0.1) is 11.3 Å². The van der Waals surface area contributed by atoms with Gasteiger partial charge in [-0.05, 0) is 50.8 Å². The molecule has 0 spiro atoms. The predicted molar refractivity (Wildman–Crippen MR) is 89.7 cm³/mol. The Hall–Kier alpha value is -1.91. The molecule has 0 aromatic heterocycles. The number of hydrogen-bond donors (Lipinski definition) is 1. The molecule has 1 atom stereocenters. The van der Waals surface area contributed by atoms with Crippen LogP contribution >= 0.6 is 0 Å². The minimum atomic E-state index is -3.78. The minimum Gasteiger partial charge on any atom is -0.377 e. The molecule has 2 rings (SSSR count). The molecule has 24 heavy (non-hydrogen) atoms. The first-order chi connectivity index (χ1) is 11.2. The molecule has 1 amide bonds. The van der Waals surface area contributed by atoms with Gasteiger partial charge in [-0.25, -0.2) is 8.42 Å². The molecule has 1 fully saturated rings. The fourth-order valence-corrected chi connectivity index (χ4v) is 3.98.